The second-order valence-corrected chi connectivity index (χ2v) is 8.04. The summed E-state index contributed by atoms with van der Waals surface area (Å²) >= 11 is 0. The van der Waals surface area contributed by atoms with Crippen molar-refractivity contribution in [1.82, 2.24) is 14.4 Å². The molecule has 1 aromatic heterocycles. The largest absolute Gasteiger partial charge is 0.497 e. The van der Waals surface area contributed by atoms with Crippen LogP contribution >= 0.6 is 0 Å². The van der Waals surface area contributed by atoms with Crippen LogP contribution in [0.1, 0.15) is 27.7 Å². The molecule has 0 unspecified atom stereocenters. The summed E-state index contributed by atoms with van der Waals surface area (Å²) in [5, 5.41) is 0. The molecule has 30 heavy (non-hydrogen) atoms. The second-order valence-electron chi connectivity index (χ2n) is 8.04. The first kappa shape index (κ1) is 18.9. The number of aromatic nitrogens is 1. The fraction of sp³-hybridized carbons (Fsp3) is 0.292. The molecule has 2 atom stereocenters. The number of benzene rings is 2. The van der Waals surface area contributed by atoms with Crippen LogP contribution in [-0.4, -0.2) is 46.5 Å². The predicted molar refractivity (Wildman–Crippen MR) is 112 cm³/mol. The molecule has 1 fully saturated rings. The highest BCUT2D eigenvalue weighted by molar-refractivity contribution is 5.94. The Kier molecular flexibility index (Phi) is 4.79. The summed E-state index contributed by atoms with van der Waals surface area (Å²) in [6.45, 7) is 2.96. The third-order valence-electron chi connectivity index (χ3n) is 6.18. The standard InChI is InChI=1S/C24H24FN3O2/c1-30-20-10-6-18(7-11-20)14-28-23-16-26(13-17-4-8-19(25)9-5-17)15-22(23)27-12-2-3-21(27)24(28)29/h2-12,22-23H,13-16H2,1H3/t22-,23-/m0/s1. The van der Waals surface area contributed by atoms with Gasteiger partial charge in [-0.15, -0.1) is 0 Å². The molecule has 0 radical (unpaired) electrons. The first-order valence-electron chi connectivity index (χ1n) is 10.2. The second kappa shape index (κ2) is 7.61. The smallest absolute Gasteiger partial charge is 0.271 e. The van der Waals surface area contributed by atoms with Crippen molar-refractivity contribution in [2.24, 2.45) is 0 Å². The van der Waals surface area contributed by atoms with Gasteiger partial charge in [-0.25, -0.2) is 4.39 Å². The van der Waals surface area contributed by atoms with Crippen molar-refractivity contribution in [3.05, 3.63) is 89.5 Å². The molecule has 0 saturated carbocycles. The van der Waals surface area contributed by atoms with Crippen LogP contribution in [-0.2, 0) is 13.1 Å². The van der Waals surface area contributed by atoms with Gasteiger partial charge in [-0.2, -0.15) is 0 Å². The van der Waals surface area contributed by atoms with Crippen molar-refractivity contribution < 1.29 is 13.9 Å². The van der Waals surface area contributed by atoms with Gasteiger partial charge in [0.25, 0.3) is 5.91 Å². The van der Waals surface area contributed by atoms with Crippen molar-refractivity contribution in [2.75, 3.05) is 20.2 Å². The summed E-state index contributed by atoms with van der Waals surface area (Å²) in [6.07, 6.45) is 2.01. The summed E-state index contributed by atoms with van der Waals surface area (Å²) in [5.41, 5.74) is 2.91. The SMILES string of the molecule is COc1ccc(CN2C(=O)c3cccn3[C@H]3CN(Cc4ccc(F)cc4)C[C@@H]32)cc1. The van der Waals surface area contributed by atoms with Crippen LogP contribution in [0.25, 0.3) is 0 Å². The number of likely N-dealkylation sites (tertiary alicyclic amines) is 1. The number of rotatable bonds is 5. The maximum absolute atomic E-state index is 13.3. The monoisotopic (exact) mass is 405 g/mol. The Balaban J connectivity index is 1.40. The molecular weight excluding hydrogens is 381 g/mol. The van der Waals surface area contributed by atoms with Crippen LogP contribution in [0, 0.1) is 5.82 Å². The Bertz CT molecular complexity index is 1050. The highest BCUT2D eigenvalue weighted by Gasteiger charge is 2.44. The summed E-state index contributed by atoms with van der Waals surface area (Å²) in [5.74, 6) is 0.657. The van der Waals surface area contributed by atoms with E-state index in [0.717, 1.165) is 42.2 Å². The van der Waals surface area contributed by atoms with E-state index in [0.29, 0.717) is 6.54 Å². The molecule has 3 aromatic rings. The Morgan fingerprint density at radius 1 is 0.933 bits per heavy atom. The van der Waals surface area contributed by atoms with Gasteiger partial charge in [0.2, 0.25) is 0 Å². The quantitative estimate of drug-likeness (QED) is 0.649. The van der Waals surface area contributed by atoms with Crippen LogP contribution < -0.4 is 4.74 Å². The molecule has 5 nitrogen and oxygen atoms in total. The number of hydrogen-bond acceptors (Lipinski definition) is 3. The lowest BCUT2D eigenvalue weighted by Gasteiger charge is -2.38. The maximum atomic E-state index is 13.3. The van der Waals surface area contributed by atoms with Gasteiger partial charge in [0.1, 0.15) is 17.3 Å². The average Bonchev–Trinajstić information content (AvgIpc) is 3.40. The van der Waals surface area contributed by atoms with Crippen molar-refractivity contribution in [1.29, 1.82) is 0 Å². The predicted octanol–water partition coefficient (Wildman–Crippen LogP) is 3.72. The van der Waals surface area contributed by atoms with Crippen molar-refractivity contribution in [3.63, 3.8) is 0 Å². The van der Waals surface area contributed by atoms with E-state index in [9.17, 15) is 9.18 Å². The molecule has 1 amide bonds. The van der Waals surface area contributed by atoms with Crippen LogP contribution in [0.5, 0.6) is 5.75 Å². The molecule has 0 N–H and O–H groups in total. The number of halogens is 1. The van der Waals surface area contributed by atoms with Crippen LogP contribution in [0.2, 0.25) is 0 Å². The van der Waals surface area contributed by atoms with E-state index in [-0.39, 0.29) is 23.8 Å². The molecule has 2 aliphatic heterocycles. The summed E-state index contributed by atoms with van der Waals surface area (Å²) in [6, 6.07) is 18.7. The Hall–Kier alpha value is -3.12. The van der Waals surface area contributed by atoms with Crippen LogP contribution in [0.4, 0.5) is 4.39 Å². The lowest BCUT2D eigenvalue weighted by atomic mass is 10.0. The molecule has 5 rings (SSSR count). The molecular formula is C24H24FN3O2. The van der Waals surface area contributed by atoms with Crippen molar-refractivity contribution in [3.8, 4) is 5.75 Å². The topological polar surface area (TPSA) is 37.7 Å². The third kappa shape index (κ3) is 3.37. The van der Waals surface area contributed by atoms with E-state index in [4.69, 9.17) is 4.74 Å². The molecule has 1 saturated heterocycles. The van der Waals surface area contributed by atoms with E-state index >= 15 is 0 Å². The lowest BCUT2D eigenvalue weighted by molar-refractivity contribution is 0.0556. The van der Waals surface area contributed by atoms with E-state index in [1.807, 2.05) is 59.6 Å². The van der Waals surface area contributed by atoms with Crippen LogP contribution in [0.3, 0.4) is 0 Å². The van der Waals surface area contributed by atoms with Gasteiger partial charge in [-0.3, -0.25) is 9.69 Å². The van der Waals surface area contributed by atoms with E-state index < -0.39 is 0 Å². The number of carbonyl (C=O) groups is 1. The molecule has 2 aromatic carbocycles. The molecule has 3 heterocycles. The number of ether oxygens (including phenoxy) is 1. The fourth-order valence-corrected chi connectivity index (χ4v) is 4.68. The Labute approximate surface area is 175 Å². The van der Waals surface area contributed by atoms with Gasteiger partial charge in [0, 0.05) is 32.4 Å². The zero-order valence-corrected chi connectivity index (χ0v) is 16.9. The fourth-order valence-electron chi connectivity index (χ4n) is 4.68. The third-order valence-corrected chi connectivity index (χ3v) is 6.18. The molecule has 0 aliphatic carbocycles. The first-order valence-corrected chi connectivity index (χ1v) is 10.2. The average molecular weight is 405 g/mol. The van der Waals surface area contributed by atoms with Crippen molar-refractivity contribution >= 4 is 5.91 Å². The van der Waals surface area contributed by atoms with E-state index in [1.165, 1.54) is 12.1 Å². The van der Waals surface area contributed by atoms with Gasteiger partial charge < -0.3 is 14.2 Å². The minimum atomic E-state index is -0.220. The van der Waals surface area contributed by atoms with Crippen molar-refractivity contribution in [2.45, 2.75) is 25.2 Å². The highest BCUT2D eigenvalue weighted by Crippen LogP contribution is 2.35. The Morgan fingerprint density at radius 2 is 1.60 bits per heavy atom. The highest BCUT2D eigenvalue weighted by atomic mass is 19.1. The van der Waals surface area contributed by atoms with Gasteiger partial charge >= 0.3 is 0 Å². The van der Waals surface area contributed by atoms with Gasteiger partial charge in [-0.05, 0) is 47.5 Å². The molecule has 154 valence electrons. The molecule has 0 bridgehead atoms. The summed E-state index contributed by atoms with van der Waals surface area (Å²) in [4.78, 5) is 17.6. The molecule has 2 aliphatic rings. The number of hydrogen-bond donors (Lipinski definition) is 0. The number of amides is 1. The van der Waals surface area contributed by atoms with E-state index in [2.05, 4.69) is 9.47 Å². The number of nitrogens with zero attached hydrogens (tertiary/aromatic N) is 3. The normalized spacial score (nSPS) is 20.9. The van der Waals surface area contributed by atoms with E-state index in [1.54, 1.807) is 7.11 Å². The number of fused-ring (bicyclic) bond motifs is 3. The molecule has 6 heteroatoms. The van der Waals surface area contributed by atoms with Gasteiger partial charge in [0.15, 0.2) is 0 Å². The Morgan fingerprint density at radius 3 is 2.33 bits per heavy atom. The number of carbonyl (C=O) groups excluding carboxylic acids is 1. The van der Waals surface area contributed by atoms with Gasteiger partial charge in [-0.1, -0.05) is 24.3 Å². The summed E-state index contributed by atoms with van der Waals surface area (Å²) in [7, 11) is 1.65. The van der Waals surface area contributed by atoms with Crippen LogP contribution in [0.15, 0.2) is 66.9 Å². The minimum Gasteiger partial charge on any atom is -0.497 e. The number of methoxy groups -OCH3 is 1. The van der Waals surface area contributed by atoms with Gasteiger partial charge in [0.05, 0.1) is 19.2 Å². The lowest BCUT2D eigenvalue weighted by Crippen LogP contribution is -2.49. The summed E-state index contributed by atoms with van der Waals surface area (Å²) < 4.78 is 20.6. The first-order chi connectivity index (χ1) is 14.6. The maximum Gasteiger partial charge on any atom is 0.271 e. The zero-order valence-electron chi connectivity index (χ0n) is 16.9. The molecule has 0 spiro atoms. The zero-order chi connectivity index (χ0) is 20.7. The minimum absolute atomic E-state index is 0.0701.